The number of alkyl halides is 3. The molecule has 4 atom stereocenters. The van der Waals surface area contributed by atoms with Gasteiger partial charge in [0.15, 0.2) is 0 Å². The average Bonchev–Trinajstić information content (AvgIpc) is 2.90. The van der Waals surface area contributed by atoms with Crippen LogP contribution in [0, 0.1) is 17.8 Å². The lowest BCUT2D eigenvalue weighted by atomic mass is 10.1. The number of hydrogen-bond acceptors (Lipinski definition) is 4. The molecule has 1 aromatic carbocycles. The van der Waals surface area contributed by atoms with E-state index in [2.05, 4.69) is 15.0 Å². The molecule has 4 rings (SSSR count). The molecule has 0 spiro atoms. The van der Waals surface area contributed by atoms with Crippen LogP contribution in [0.3, 0.4) is 0 Å². The number of fused-ring (bicyclic) bond motifs is 1. The lowest BCUT2D eigenvalue weighted by molar-refractivity contribution is -0.274. The number of nitrogens with one attached hydrogen (secondary N) is 1. The van der Waals surface area contributed by atoms with Crippen molar-refractivity contribution in [3.05, 3.63) is 29.8 Å². The van der Waals surface area contributed by atoms with Crippen LogP contribution < -0.4 is 10.1 Å². The molecule has 3 fully saturated rings. The Hall–Kier alpha value is -1.31. The summed E-state index contributed by atoms with van der Waals surface area (Å²) >= 11 is 0. The van der Waals surface area contributed by atoms with E-state index in [-0.39, 0.29) is 11.9 Å². The van der Waals surface area contributed by atoms with E-state index in [4.69, 9.17) is 0 Å². The molecular formula is C19H25F3N2O2. The second kappa shape index (κ2) is 7.02. The Morgan fingerprint density at radius 2 is 1.96 bits per heavy atom. The first-order valence-electron chi connectivity index (χ1n) is 9.38. The van der Waals surface area contributed by atoms with Gasteiger partial charge in [-0.15, -0.1) is 13.2 Å². The molecule has 2 saturated carbocycles. The number of rotatable bonds is 6. The lowest BCUT2D eigenvalue weighted by Crippen LogP contribution is -2.41. The SMILES string of the molecule is OC1CCCC1N1CC2C(CNCc3cccc(OC(F)(F)F)c3)C2C1. The topological polar surface area (TPSA) is 44.7 Å². The molecule has 1 saturated heterocycles. The van der Waals surface area contributed by atoms with Gasteiger partial charge in [0.2, 0.25) is 0 Å². The molecule has 7 heteroatoms. The first kappa shape index (κ1) is 18.1. The van der Waals surface area contributed by atoms with E-state index in [9.17, 15) is 18.3 Å². The van der Waals surface area contributed by atoms with Gasteiger partial charge in [-0.05, 0) is 61.3 Å². The van der Waals surface area contributed by atoms with Gasteiger partial charge in [0.25, 0.3) is 0 Å². The first-order valence-corrected chi connectivity index (χ1v) is 9.38. The Morgan fingerprint density at radius 3 is 2.62 bits per heavy atom. The highest BCUT2D eigenvalue weighted by Gasteiger charge is 2.56. The van der Waals surface area contributed by atoms with Crippen molar-refractivity contribution in [3.63, 3.8) is 0 Å². The van der Waals surface area contributed by atoms with Crippen LogP contribution in [0.5, 0.6) is 5.75 Å². The molecule has 2 N–H and O–H groups in total. The van der Waals surface area contributed by atoms with Crippen molar-refractivity contribution >= 4 is 0 Å². The molecule has 26 heavy (non-hydrogen) atoms. The van der Waals surface area contributed by atoms with Crippen molar-refractivity contribution in [1.29, 1.82) is 0 Å². The van der Waals surface area contributed by atoms with Crippen LogP contribution >= 0.6 is 0 Å². The molecule has 2 aliphatic carbocycles. The van der Waals surface area contributed by atoms with Gasteiger partial charge < -0.3 is 15.2 Å². The van der Waals surface area contributed by atoms with Crippen molar-refractivity contribution in [2.45, 2.75) is 44.3 Å². The quantitative estimate of drug-likeness (QED) is 0.808. The summed E-state index contributed by atoms with van der Waals surface area (Å²) in [4.78, 5) is 2.46. The molecule has 0 radical (unpaired) electrons. The smallest absolute Gasteiger partial charge is 0.406 e. The van der Waals surface area contributed by atoms with Gasteiger partial charge in [0.1, 0.15) is 5.75 Å². The summed E-state index contributed by atoms with van der Waals surface area (Å²) in [7, 11) is 0. The summed E-state index contributed by atoms with van der Waals surface area (Å²) in [6.45, 7) is 3.58. The van der Waals surface area contributed by atoms with Crippen molar-refractivity contribution < 1.29 is 23.0 Å². The summed E-state index contributed by atoms with van der Waals surface area (Å²) in [5.41, 5.74) is 0.785. The van der Waals surface area contributed by atoms with Crippen LogP contribution in [0.1, 0.15) is 24.8 Å². The minimum atomic E-state index is -4.66. The van der Waals surface area contributed by atoms with Gasteiger partial charge >= 0.3 is 6.36 Å². The third kappa shape index (κ3) is 4.00. The van der Waals surface area contributed by atoms with E-state index in [1.807, 2.05) is 0 Å². The highest BCUT2D eigenvalue weighted by atomic mass is 19.4. The van der Waals surface area contributed by atoms with E-state index in [1.54, 1.807) is 12.1 Å². The normalized spacial score (nSPS) is 34.1. The van der Waals surface area contributed by atoms with Crippen molar-refractivity contribution in [2.75, 3.05) is 19.6 Å². The number of likely N-dealkylation sites (tertiary alicyclic amines) is 1. The second-order valence-corrected chi connectivity index (χ2v) is 7.84. The van der Waals surface area contributed by atoms with E-state index in [0.717, 1.165) is 44.5 Å². The predicted octanol–water partition coefficient (Wildman–Crippen LogP) is 2.77. The predicted molar refractivity (Wildman–Crippen MR) is 90.5 cm³/mol. The summed E-state index contributed by atoms with van der Waals surface area (Å²) in [5, 5.41) is 13.4. The zero-order chi connectivity index (χ0) is 18.3. The third-order valence-electron chi connectivity index (χ3n) is 6.15. The summed E-state index contributed by atoms with van der Waals surface area (Å²) in [6, 6.07) is 6.47. The van der Waals surface area contributed by atoms with E-state index < -0.39 is 6.36 Å². The highest BCUT2D eigenvalue weighted by molar-refractivity contribution is 5.28. The number of ether oxygens (including phenoxy) is 1. The van der Waals surface area contributed by atoms with Crippen LogP contribution in [0.25, 0.3) is 0 Å². The van der Waals surface area contributed by atoms with E-state index >= 15 is 0 Å². The van der Waals surface area contributed by atoms with Crippen LogP contribution in [0.4, 0.5) is 13.2 Å². The molecule has 0 aromatic heterocycles. The molecule has 1 heterocycles. The Kier molecular flexibility index (Phi) is 4.88. The Morgan fingerprint density at radius 1 is 1.19 bits per heavy atom. The van der Waals surface area contributed by atoms with Gasteiger partial charge in [-0.25, -0.2) is 0 Å². The van der Waals surface area contributed by atoms with Gasteiger partial charge in [-0.1, -0.05) is 12.1 Å². The van der Waals surface area contributed by atoms with Gasteiger partial charge in [-0.3, -0.25) is 4.90 Å². The summed E-state index contributed by atoms with van der Waals surface area (Å²) in [5.74, 6) is 1.88. The molecule has 0 bridgehead atoms. The van der Waals surface area contributed by atoms with Crippen molar-refractivity contribution in [2.24, 2.45) is 17.8 Å². The summed E-state index contributed by atoms with van der Waals surface area (Å²) < 4.78 is 40.8. The Balaban J connectivity index is 1.20. The van der Waals surface area contributed by atoms with Crippen LogP contribution in [-0.2, 0) is 6.54 Å². The molecule has 144 valence electrons. The van der Waals surface area contributed by atoms with Gasteiger partial charge in [0, 0.05) is 25.7 Å². The largest absolute Gasteiger partial charge is 0.573 e. The number of hydrogen-bond donors (Lipinski definition) is 2. The lowest BCUT2D eigenvalue weighted by Gasteiger charge is -2.28. The zero-order valence-electron chi connectivity index (χ0n) is 14.6. The molecule has 4 unspecified atom stereocenters. The summed E-state index contributed by atoms with van der Waals surface area (Å²) in [6.07, 6.45) is -1.65. The number of aliphatic hydroxyl groups excluding tert-OH is 1. The number of aliphatic hydroxyl groups is 1. The van der Waals surface area contributed by atoms with Gasteiger partial charge in [-0.2, -0.15) is 0 Å². The number of piperidine rings is 1. The third-order valence-corrected chi connectivity index (χ3v) is 6.15. The minimum absolute atomic E-state index is 0.157. The zero-order valence-corrected chi connectivity index (χ0v) is 14.6. The molecular weight excluding hydrogens is 345 g/mol. The monoisotopic (exact) mass is 370 g/mol. The van der Waals surface area contributed by atoms with Crippen LogP contribution in [-0.4, -0.2) is 48.1 Å². The molecule has 0 amide bonds. The molecule has 3 aliphatic rings. The van der Waals surface area contributed by atoms with Gasteiger partial charge in [0.05, 0.1) is 6.10 Å². The van der Waals surface area contributed by atoms with Crippen molar-refractivity contribution in [3.8, 4) is 5.75 Å². The maximum atomic E-state index is 12.3. The number of nitrogens with zero attached hydrogens (tertiary/aromatic N) is 1. The fourth-order valence-corrected chi connectivity index (χ4v) is 4.84. The molecule has 4 nitrogen and oxygen atoms in total. The second-order valence-electron chi connectivity index (χ2n) is 7.84. The Bertz CT molecular complexity index is 627. The maximum Gasteiger partial charge on any atom is 0.573 e. The average molecular weight is 370 g/mol. The molecule has 1 aromatic rings. The number of halogens is 3. The van der Waals surface area contributed by atoms with Crippen LogP contribution in [0.15, 0.2) is 24.3 Å². The standard InChI is InChI=1S/C19H25F3N2O2/c20-19(21,22)26-13-4-1-3-12(7-13)8-23-9-14-15-10-24(11-16(14)15)17-5-2-6-18(17)25/h1,3-4,7,14-18,23,25H,2,5-6,8-11H2. The van der Waals surface area contributed by atoms with Crippen molar-refractivity contribution in [1.82, 2.24) is 10.2 Å². The fourth-order valence-electron chi connectivity index (χ4n) is 4.84. The highest BCUT2D eigenvalue weighted by Crippen LogP contribution is 2.52. The number of benzene rings is 1. The Labute approximate surface area is 151 Å². The van der Waals surface area contributed by atoms with E-state index in [0.29, 0.717) is 30.3 Å². The maximum absolute atomic E-state index is 12.3. The fraction of sp³-hybridized carbons (Fsp3) is 0.684. The van der Waals surface area contributed by atoms with Crippen LogP contribution in [0.2, 0.25) is 0 Å². The van der Waals surface area contributed by atoms with E-state index in [1.165, 1.54) is 12.1 Å². The molecule has 1 aliphatic heterocycles. The minimum Gasteiger partial charge on any atom is -0.406 e. The first-order chi connectivity index (χ1) is 12.4.